The Kier molecular flexibility index (Phi) is 6.38. The van der Waals surface area contributed by atoms with E-state index in [9.17, 15) is 14.4 Å². The van der Waals surface area contributed by atoms with Gasteiger partial charge in [0.25, 0.3) is 5.91 Å². The fourth-order valence-electron chi connectivity index (χ4n) is 2.51. The van der Waals surface area contributed by atoms with E-state index in [1.54, 1.807) is 18.2 Å². The number of aryl methyl sites for hydroxylation is 1. The van der Waals surface area contributed by atoms with Crippen molar-refractivity contribution in [3.63, 3.8) is 0 Å². The molecule has 2 atom stereocenters. The number of carboxylic acids is 1. The minimum absolute atomic E-state index is 0.360. The molecule has 1 heterocycles. The molecule has 2 rings (SSSR count). The van der Waals surface area contributed by atoms with E-state index in [1.807, 2.05) is 0 Å². The Bertz CT molecular complexity index is 857. The smallest absolute Gasteiger partial charge is 0.336 e. The lowest BCUT2D eigenvalue weighted by atomic mass is 10.0. The van der Waals surface area contributed by atoms with Crippen LogP contribution in [0.2, 0.25) is 0 Å². The molecule has 1 aromatic carbocycles. The summed E-state index contributed by atoms with van der Waals surface area (Å²) in [6, 6.07) is 5.55. The largest absolute Gasteiger partial charge is 0.481 e. The van der Waals surface area contributed by atoms with E-state index in [0.717, 1.165) is 30.2 Å². The molecule has 140 valence electrons. The van der Waals surface area contributed by atoms with Gasteiger partial charge in [-0.3, -0.25) is 9.59 Å². The van der Waals surface area contributed by atoms with Gasteiger partial charge in [0.1, 0.15) is 17.4 Å². The molecule has 0 bridgehead atoms. The molecule has 0 fully saturated rings. The van der Waals surface area contributed by atoms with Gasteiger partial charge in [-0.15, -0.1) is 0 Å². The third-order valence-electron chi connectivity index (χ3n) is 4.01. The van der Waals surface area contributed by atoms with E-state index in [4.69, 9.17) is 14.3 Å². The average Bonchev–Trinajstić information content (AvgIpc) is 2.58. The third-order valence-corrected chi connectivity index (χ3v) is 4.01. The second-order valence-corrected chi connectivity index (χ2v) is 6.18. The lowest BCUT2D eigenvalue weighted by Crippen LogP contribution is -2.44. The van der Waals surface area contributed by atoms with Crippen molar-refractivity contribution in [2.75, 3.05) is 0 Å². The number of benzene rings is 1. The summed E-state index contributed by atoms with van der Waals surface area (Å²) in [4.78, 5) is 34.5. The number of ether oxygens (including phenoxy) is 1. The maximum atomic E-state index is 12.0. The number of carbonyl (C=O) groups excluding carboxylic acids is 1. The SMILES string of the molecule is CCCCc1cc(=O)oc2cc(OC(C)C(=O)N[C@@H](C)C(=O)O)ccc12. The molecule has 2 aromatic rings. The van der Waals surface area contributed by atoms with Crippen LogP contribution >= 0.6 is 0 Å². The highest BCUT2D eigenvalue weighted by Gasteiger charge is 2.20. The topological polar surface area (TPSA) is 106 Å². The first kappa shape index (κ1) is 19.5. The van der Waals surface area contributed by atoms with Crippen LogP contribution in [0.4, 0.5) is 0 Å². The maximum absolute atomic E-state index is 12.0. The van der Waals surface area contributed by atoms with Crippen LogP contribution in [0.15, 0.2) is 33.5 Å². The Labute approximate surface area is 151 Å². The Balaban J connectivity index is 2.19. The predicted molar refractivity (Wildman–Crippen MR) is 96.4 cm³/mol. The number of hydrogen-bond acceptors (Lipinski definition) is 5. The number of aliphatic carboxylic acids is 1. The van der Waals surface area contributed by atoms with Crippen molar-refractivity contribution in [1.29, 1.82) is 0 Å². The van der Waals surface area contributed by atoms with Crippen molar-refractivity contribution in [1.82, 2.24) is 5.32 Å². The number of carboxylic acid groups (broad SMARTS) is 1. The zero-order chi connectivity index (χ0) is 19.3. The number of amides is 1. The Hall–Kier alpha value is -2.83. The first-order valence-electron chi connectivity index (χ1n) is 8.58. The first-order chi connectivity index (χ1) is 12.3. The number of rotatable bonds is 8. The number of nitrogens with one attached hydrogen (secondary N) is 1. The highest BCUT2D eigenvalue weighted by atomic mass is 16.5. The molecular weight excluding hydrogens is 338 g/mol. The van der Waals surface area contributed by atoms with E-state index in [0.29, 0.717) is 11.3 Å². The van der Waals surface area contributed by atoms with Crippen LogP contribution in [0.1, 0.15) is 39.2 Å². The molecule has 2 N–H and O–H groups in total. The van der Waals surface area contributed by atoms with Crippen LogP contribution < -0.4 is 15.7 Å². The standard InChI is InChI=1S/C19H23NO6/c1-4-5-6-13-9-17(21)26-16-10-14(7-8-15(13)16)25-12(3)18(22)20-11(2)19(23)24/h7-12H,4-6H2,1-3H3,(H,20,22)(H,23,24)/t11-,12?/m0/s1. The average molecular weight is 361 g/mol. The van der Waals surface area contributed by atoms with E-state index in [1.165, 1.54) is 19.9 Å². The first-order valence-corrected chi connectivity index (χ1v) is 8.58. The van der Waals surface area contributed by atoms with Crippen molar-refractivity contribution in [3.8, 4) is 5.75 Å². The van der Waals surface area contributed by atoms with Gasteiger partial charge in [0, 0.05) is 17.5 Å². The summed E-state index contributed by atoms with van der Waals surface area (Å²) >= 11 is 0. The predicted octanol–water partition coefficient (Wildman–Crippen LogP) is 2.49. The van der Waals surface area contributed by atoms with Gasteiger partial charge < -0.3 is 19.6 Å². The van der Waals surface area contributed by atoms with Crippen LogP contribution in [0.5, 0.6) is 5.75 Å². The zero-order valence-electron chi connectivity index (χ0n) is 15.1. The molecule has 7 nitrogen and oxygen atoms in total. The van der Waals surface area contributed by atoms with E-state index in [-0.39, 0.29) is 0 Å². The minimum Gasteiger partial charge on any atom is -0.481 e. The van der Waals surface area contributed by atoms with E-state index in [2.05, 4.69) is 12.2 Å². The number of unbranched alkanes of at least 4 members (excludes halogenated alkanes) is 1. The quantitative estimate of drug-likeness (QED) is 0.700. The Morgan fingerprint density at radius 2 is 2.00 bits per heavy atom. The van der Waals surface area contributed by atoms with Crippen molar-refractivity contribution >= 4 is 22.8 Å². The lowest BCUT2D eigenvalue weighted by molar-refractivity contribution is -0.142. The molecule has 0 radical (unpaired) electrons. The summed E-state index contributed by atoms with van der Waals surface area (Å²) in [5.41, 5.74) is 0.889. The monoisotopic (exact) mass is 361 g/mol. The van der Waals surface area contributed by atoms with Crippen LogP contribution in [0, 0.1) is 0 Å². The van der Waals surface area contributed by atoms with E-state index >= 15 is 0 Å². The summed E-state index contributed by atoms with van der Waals surface area (Å²) in [5, 5.41) is 12.0. The maximum Gasteiger partial charge on any atom is 0.336 e. The number of carbonyl (C=O) groups is 2. The molecule has 0 aliphatic carbocycles. The molecule has 0 saturated heterocycles. The van der Waals surface area contributed by atoms with Gasteiger partial charge in [0.2, 0.25) is 0 Å². The molecular formula is C19H23NO6. The third kappa shape index (κ3) is 4.84. The van der Waals surface area contributed by atoms with Crippen molar-refractivity contribution in [2.24, 2.45) is 0 Å². The van der Waals surface area contributed by atoms with Crippen molar-refractivity contribution in [3.05, 3.63) is 40.2 Å². The normalized spacial score (nSPS) is 13.2. The summed E-state index contributed by atoms with van der Waals surface area (Å²) < 4.78 is 10.8. The molecule has 1 amide bonds. The molecule has 0 aliphatic rings. The van der Waals surface area contributed by atoms with Crippen LogP contribution in [0.25, 0.3) is 11.0 Å². The van der Waals surface area contributed by atoms with Gasteiger partial charge in [-0.2, -0.15) is 0 Å². The summed E-state index contributed by atoms with van der Waals surface area (Å²) in [7, 11) is 0. The Morgan fingerprint density at radius 3 is 2.65 bits per heavy atom. The van der Waals surface area contributed by atoms with Gasteiger partial charge in [-0.1, -0.05) is 13.3 Å². The molecule has 0 spiro atoms. The second-order valence-electron chi connectivity index (χ2n) is 6.18. The highest BCUT2D eigenvalue weighted by molar-refractivity contribution is 5.86. The molecule has 1 aromatic heterocycles. The van der Waals surface area contributed by atoms with Crippen molar-refractivity contribution in [2.45, 2.75) is 52.2 Å². The molecule has 1 unspecified atom stereocenters. The molecule has 0 aliphatic heterocycles. The molecule has 26 heavy (non-hydrogen) atoms. The van der Waals surface area contributed by atoms with Crippen LogP contribution in [-0.2, 0) is 16.0 Å². The fourth-order valence-corrected chi connectivity index (χ4v) is 2.51. The van der Waals surface area contributed by atoms with Gasteiger partial charge in [-0.25, -0.2) is 4.79 Å². The van der Waals surface area contributed by atoms with Gasteiger partial charge in [0.05, 0.1) is 0 Å². The lowest BCUT2D eigenvalue weighted by Gasteiger charge is -2.17. The summed E-state index contributed by atoms with van der Waals surface area (Å²) in [5.74, 6) is -1.31. The number of fused-ring (bicyclic) bond motifs is 1. The minimum atomic E-state index is -1.13. The van der Waals surface area contributed by atoms with Gasteiger partial charge in [0.15, 0.2) is 6.10 Å². The fraction of sp³-hybridized carbons (Fsp3) is 0.421. The van der Waals surface area contributed by atoms with Crippen molar-refractivity contribution < 1.29 is 23.8 Å². The second kappa shape index (κ2) is 8.51. The summed E-state index contributed by atoms with van der Waals surface area (Å²) in [6.07, 6.45) is 1.87. The number of hydrogen-bond donors (Lipinski definition) is 2. The molecule has 0 saturated carbocycles. The van der Waals surface area contributed by atoms with Gasteiger partial charge in [-0.05, 0) is 44.4 Å². The van der Waals surface area contributed by atoms with Gasteiger partial charge >= 0.3 is 11.6 Å². The van der Waals surface area contributed by atoms with Crippen LogP contribution in [0.3, 0.4) is 0 Å². The van der Waals surface area contributed by atoms with Crippen LogP contribution in [-0.4, -0.2) is 29.1 Å². The summed E-state index contributed by atoms with van der Waals surface area (Å²) in [6.45, 7) is 4.97. The molecule has 7 heteroatoms. The van der Waals surface area contributed by atoms with E-state index < -0.39 is 29.6 Å². The Morgan fingerprint density at radius 1 is 1.27 bits per heavy atom. The zero-order valence-corrected chi connectivity index (χ0v) is 15.1. The highest BCUT2D eigenvalue weighted by Crippen LogP contribution is 2.24.